The molecule has 102 valence electrons. The Kier molecular flexibility index (Phi) is 3.61. The van der Waals surface area contributed by atoms with E-state index in [-0.39, 0.29) is 6.03 Å². The van der Waals surface area contributed by atoms with Gasteiger partial charge in [0, 0.05) is 22.5 Å². The molecule has 1 N–H and O–H groups in total. The molecule has 0 unspecified atom stereocenters. The highest BCUT2D eigenvalue weighted by atomic mass is 32.1. The molecule has 1 aromatic rings. The molecule has 1 aliphatic rings. The van der Waals surface area contributed by atoms with Crippen molar-refractivity contribution in [2.75, 3.05) is 14.2 Å². The highest BCUT2D eigenvalue weighted by Gasteiger charge is 2.35. The van der Waals surface area contributed by atoms with Crippen LogP contribution in [0.5, 0.6) is 0 Å². The minimum atomic E-state index is -0.435. The summed E-state index contributed by atoms with van der Waals surface area (Å²) in [5.74, 6) is -0.416. The average molecular weight is 280 g/mol. The zero-order chi connectivity index (χ0) is 14.2. The first-order valence-corrected chi connectivity index (χ1v) is 6.67. The van der Waals surface area contributed by atoms with E-state index in [2.05, 4.69) is 5.32 Å². The quantitative estimate of drug-likeness (QED) is 0.845. The summed E-state index contributed by atoms with van der Waals surface area (Å²) in [5.41, 5.74) is 1.10. The number of allylic oxidation sites excluding steroid dienone is 1. The highest BCUT2D eigenvalue weighted by molar-refractivity contribution is 7.12. The van der Waals surface area contributed by atoms with Crippen molar-refractivity contribution in [2.24, 2.45) is 0 Å². The Morgan fingerprint density at radius 2 is 2.11 bits per heavy atom. The predicted octanol–water partition coefficient (Wildman–Crippen LogP) is 2.20. The molecule has 0 aromatic carbocycles. The van der Waals surface area contributed by atoms with Crippen molar-refractivity contribution in [1.82, 2.24) is 10.2 Å². The van der Waals surface area contributed by atoms with E-state index < -0.39 is 12.0 Å². The Morgan fingerprint density at radius 1 is 1.42 bits per heavy atom. The van der Waals surface area contributed by atoms with Gasteiger partial charge in [0.15, 0.2) is 0 Å². The van der Waals surface area contributed by atoms with Gasteiger partial charge in [-0.2, -0.15) is 0 Å². The van der Waals surface area contributed by atoms with Crippen LogP contribution < -0.4 is 5.32 Å². The van der Waals surface area contributed by atoms with Crippen molar-refractivity contribution in [2.45, 2.75) is 19.9 Å². The third kappa shape index (κ3) is 2.35. The number of rotatable bonds is 2. The van der Waals surface area contributed by atoms with Crippen LogP contribution in [0.2, 0.25) is 0 Å². The maximum Gasteiger partial charge on any atom is 0.338 e. The smallest absolute Gasteiger partial charge is 0.338 e. The maximum atomic E-state index is 12.0. The third-order valence-corrected chi connectivity index (χ3v) is 4.27. The van der Waals surface area contributed by atoms with E-state index in [9.17, 15) is 9.59 Å². The monoisotopic (exact) mass is 280 g/mol. The molecule has 2 heterocycles. The molecule has 1 aliphatic heterocycles. The van der Waals surface area contributed by atoms with Gasteiger partial charge in [0.2, 0.25) is 0 Å². The maximum absolute atomic E-state index is 12.0. The fourth-order valence-corrected chi connectivity index (χ4v) is 2.97. The summed E-state index contributed by atoms with van der Waals surface area (Å²) in [5, 5.41) is 2.83. The lowest BCUT2D eigenvalue weighted by Crippen LogP contribution is -2.45. The predicted molar refractivity (Wildman–Crippen MR) is 72.8 cm³/mol. The van der Waals surface area contributed by atoms with Crippen LogP contribution in [0.4, 0.5) is 4.79 Å². The van der Waals surface area contributed by atoms with Crippen LogP contribution in [0, 0.1) is 6.92 Å². The topological polar surface area (TPSA) is 58.6 Å². The van der Waals surface area contributed by atoms with Crippen LogP contribution in [0.15, 0.2) is 23.4 Å². The second-order valence-corrected chi connectivity index (χ2v) is 5.70. The number of ether oxygens (including phenoxy) is 1. The summed E-state index contributed by atoms with van der Waals surface area (Å²) < 4.78 is 4.83. The summed E-state index contributed by atoms with van der Waals surface area (Å²) in [6, 6.07) is 3.23. The largest absolute Gasteiger partial charge is 0.466 e. The first-order valence-electron chi connectivity index (χ1n) is 5.85. The fraction of sp³-hybridized carbons (Fsp3) is 0.385. The number of carbonyl (C=O) groups excluding carboxylic acids is 2. The van der Waals surface area contributed by atoms with Crippen LogP contribution in [0.25, 0.3) is 0 Å². The van der Waals surface area contributed by atoms with E-state index in [0.29, 0.717) is 11.3 Å². The Labute approximate surface area is 115 Å². The second-order valence-electron chi connectivity index (χ2n) is 4.38. The molecule has 0 fully saturated rings. The van der Waals surface area contributed by atoms with Crippen LogP contribution >= 0.6 is 11.3 Å². The van der Waals surface area contributed by atoms with Gasteiger partial charge in [0.05, 0.1) is 18.7 Å². The zero-order valence-electron chi connectivity index (χ0n) is 11.3. The molecular formula is C13H16N2O3S. The van der Waals surface area contributed by atoms with Crippen molar-refractivity contribution < 1.29 is 14.3 Å². The van der Waals surface area contributed by atoms with Gasteiger partial charge in [-0.05, 0) is 26.0 Å². The van der Waals surface area contributed by atoms with E-state index in [1.54, 1.807) is 25.3 Å². The van der Waals surface area contributed by atoms with Gasteiger partial charge in [-0.3, -0.25) is 0 Å². The molecule has 2 amide bonds. The number of hydrogen-bond donors (Lipinski definition) is 1. The standard InChI is InChI=1S/C13H16N2O3S/c1-7-5-6-9(19-7)11-10(12(16)18-4)8(2)15(3)13(17)14-11/h5-6,11H,1-4H3,(H,14,17)/t11-/m1/s1. The summed E-state index contributed by atoms with van der Waals surface area (Å²) in [6.07, 6.45) is 0. The average Bonchev–Trinajstić information content (AvgIpc) is 2.81. The molecule has 19 heavy (non-hydrogen) atoms. The number of aryl methyl sites for hydroxylation is 1. The Balaban J connectivity index is 2.51. The van der Waals surface area contributed by atoms with Gasteiger partial charge in [0.1, 0.15) is 0 Å². The molecule has 5 nitrogen and oxygen atoms in total. The zero-order valence-corrected chi connectivity index (χ0v) is 12.1. The lowest BCUT2D eigenvalue weighted by molar-refractivity contribution is -0.136. The summed E-state index contributed by atoms with van der Waals surface area (Å²) in [6.45, 7) is 3.73. The molecule has 0 bridgehead atoms. The molecule has 0 aliphatic carbocycles. The molecule has 0 spiro atoms. The highest BCUT2D eigenvalue weighted by Crippen LogP contribution is 2.33. The number of thiophene rings is 1. The van der Waals surface area contributed by atoms with Crippen LogP contribution in [0.3, 0.4) is 0 Å². The van der Waals surface area contributed by atoms with Gasteiger partial charge >= 0.3 is 12.0 Å². The third-order valence-electron chi connectivity index (χ3n) is 3.21. The van der Waals surface area contributed by atoms with Crippen LogP contribution in [0.1, 0.15) is 22.7 Å². The summed E-state index contributed by atoms with van der Waals surface area (Å²) >= 11 is 1.56. The first kappa shape index (κ1) is 13.6. The normalized spacial score (nSPS) is 19.5. The van der Waals surface area contributed by atoms with Crippen molar-refractivity contribution in [1.29, 1.82) is 0 Å². The Bertz CT molecular complexity index is 562. The molecular weight excluding hydrogens is 264 g/mol. The van der Waals surface area contributed by atoms with E-state index >= 15 is 0 Å². The van der Waals surface area contributed by atoms with Crippen molar-refractivity contribution in [3.05, 3.63) is 33.2 Å². The number of hydrogen-bond acceptors (Lipinski definition) is 4. The van der Waals surface area contributed by atoms with E-state index in [1.807, 2.05) is 19.1 Å². The Hall–Kier alpha value is -1.82. The summed E-state index contributed by atoms with van der Waals surface area (Å²) in [7, 11) is 2.97. The molecule has 0 radical (unpaired) electrons. The number of urea groups is 1. The lowest BCUT2D eigenvalue weighted by atomic mass is 10.0. The fourth-order valence-electron chi connectivity index (χ4n) is 2.03. The molecule has 6 heteroatoms. The van der Waals surface area contributed by atoms with Crippen LogP contribution in [-0.4, -0.2) is 31.1 Å². The molecule has 0 saturated heterocycles. The lowest BCUT2D eigenvalue weighted by Gasteiger charge is -2.32. The number of nitrogens with zero attached hydrogens (tertiary/aromatic N) is 1. The van der Waals surface area contributed by atoms with Crippen molar-refractivity contribution in [3.8, 4) is 0 Å². The van der Waals surface area contributed by atoms with Crippen LogP contribution in [-0.2, 0) is 9.53 Å². The summed E-state index contributed by atoms with van der Waals surface area (Å²) in [4.78, 5) is 27.3. The SMILES string of the molecule is COC(=O)C1=C(C)N(C)C(=O)N[C@@H]1c1ccc(C)s1. The van der Waals surface area contributed by atoms with E-state index in [1.165, 1.54) is 12.0 Å². The van der Waals surface area contributed by atoms with E-state index in [4.69, 9.17) is 4.74 Å². The van der Waals surface area contributed by atoms with E-state index in [0.717, 1.165) is 9.75 Å². The minimum Gasteiger partial charge on any atom is -0.466 e. The number of methoxy groups -OCH3 is 1. The second kappa shape index (κ2) is 5.05. The van der Waals surface area contributed by atoms with Gasteiger partial charge < -0.3 is 15.0 Å². The molecule has 1 aromatic heterocycles. The molecule has 1 atom stereocenters. The Morgan fingerprint density at radius 3 is 2.63 bits per heavy atom. The van der Waals surface area contributed by atoms with Gasteiger partial charge in [0.25, 0.3) is 0 Å². The van der Waals surface area contributed by atoms with Crippen molar-refractivity contribution >= 4 is 23.3 Å². The van der Waals surface area contributed by atoms with Gasteiger partial charge in [-0.15, -0.1) is 11.3 Å². The number of amides is 2. The number of carbonyl (C=O) groups is 2. The van der Waals surface area contributed by atoms with Gasteiger partial charge in [-0.1, -0.05) is 0 Å². The number of nitrogens with one attached hydrogen (secondary N) is 1. The minimum absolute atomic E-state index is 0.221. The number of esters is 1. The van der Waals surface area contributed by atoms with Gasteiger partial charge in [-0.25, -0.2) is 9.59 Å². The molecule has 2 rings (SSSR count). The molecule has 0 saturated carbocycles. The first-order chi connectivity index (χ1) is 8.95. The van der Waals surface area contributed by atoms with Crippen molar-refractivity contribution in [3.63, 3.8) is 0 Å².